The maximum Gasteiger partial charge on any atom is 0.255 e. The summed E-state index contributed by atoms with van der Waals surface area (Å²) in [4.78, 5) is 16.4. The van der Waals surface area contributed by atoms with Gasteiger partial charge in [-0.05, 0) is 42.8 Å². The molecule has 3 N–H and O–H groups in total. The van der Waals surface area contributed by atoms with E-state index in [1.165, 1.54) is 11.3 Å². The van der Waals surface area contributed by atoms with Gasteiger partial charge in [0.2, 0.25) is 0 Å². The van der Waals surface area contributed by atoms with Crippen LogP contribution in [0.1, 0.15) is 15.9 Å². The summed E-state index contributed by atoms with van der Waals surface area (Å²) >= 11 is 7.41. The van der Waals surface area contributed by atoms with Crippen molar-refractivity contribution in [3.8, 4) is 0 Å². The van der Waals surface area contributed by atoms with Crippen LogP contribution in [-0.2, 0) is 0 Å². The number of nitrogens with one attached hydrogen (secondary N) is 1. The zero-order valence-corrected chi connectivity index (χ0v) is 12.8. The fraction of sp³-hybridized carbons (Fsp3) is 0.0667. The summed E-state index contributed by atoms with van der Waals surface area (Å²) in [7, 11) is 0. The molecule has 106 valence electrons. The van der Waals surface area contributed by atoms with Gasteiger partial charge in [0.15, 0.2) is 5.13 Å². The number of hydrogen-bond donors (Lipinski definition) is 2. The van der Waals surface area contributed by atoms with E-state index >= 15 is 0 Å². The van der Waals surface area contributed by atoms with Gasteiger partial charge in [0, 0.05) is 16.3 Å². The van der Waals surface area contributed by atoms with Crippen LogP contribution >= 0.6 is 22.9 Å². The van der Waals surface area contributed by atoms with Crippen molar-refractivity contribution in [3.05, 3.63) is 52.5 Å². The van der Waals surface area contributed by atoms with Gasteiger partial charge in [-0.3, -0.25) is 4.79 Å². The number of carbonyl (C=O) groups excluding carboxylic acids is 1. The zero-order chi connectivity index (χ0) is 15.0. The summed E-state index contributed by atoms with van der Waals surface area (Å²) in [6.45, 7) is 1.91. The molecule has 0 saturated carbocycles. The molecule has 0 aliphatic rings. The molecule has 0 unspecified atom stereocenters. The highest BCUT2D eigenvalue weighted by atomic mass is 35.5. The second-order valence-electron chi connectivity index (χ2n) is 4.65. The Morgan fingerprint density at radius 3 is 2.86 bits per heavy atom. The number of benzene rings is 2. The van der Waals surface area contributed by atoms with Gasteiger partial charge in [-0.15, -0.1) is 0 Å². The first kappa shape index (κ1) is 13.9. The lowest BCUT2D eigenvalue weighted by Gasteiger charge is -2.07. The third kappa shape index (κ3) is 2.84. The van der Waals surface area contributed by atoms with Crippen LogP contribution in [0.4, 0.5) is 10.8 Å². The molecular weight excluding hydrogens is 306 g/mol. The van der Waals surface area contributed by atoms with E-state index in [2.05, 4.69) is 10.3 Å². The van der Waals surface area contributed by atoms with Crippen molar-refractivity contribution >= 4 is 49.9 Å². The van der Waals surface area contributed by atoms with Gasteiger partial charge in [0.1, 0.15) is 0 Å². The highest BCUT2D eigenvalue weighted by molar-refractivity contribution is 7.22. The number of halogens is 1. The molecular formula is C15H12ClN3OS. The van der Waals surface area contributed by atoms with Crippen molar-refractivity contribution in [1.82, 2.24) is 4.98 Å². The Bertz CT molecular complexity index is 844. The van der Waals surface area contributed by atoms with Crippen LogP contribution in [0.5, 0.6) is 0 Å². The van der Waals surface area contributed by atoms with E-state index < -0.39 is 0 Å². The number of fused-ring (bicyclic) bond motifs is 1. The Balaban J connectivity index is 1.87. The van der Waals surface area contributed by atoms with Crippen molar-refractivity contribution in [2.75, 3.05) is 11.1 Å². The average Bonchev–Trinajstić information content (AvgIpc) is 2.82. The van der Waals surface area contributed by atoms with E-state index in [4.69, 9.17) is 17.3 Å². The van der Waals surface area contributed by atoms with Gasteiger partial charge in [0.05, 0.1) is 10.2 Å². The van der Waals surface area contributed by atoms with Crippen LogP contribution in [0, 0.1) is 6.92 Å². The molecule has 21 heavy (non-hydrogen) atoms. The average molecular weight is 318 g/mol. The van der Waals surface area contributed by atoms with E-state index in [0.29, 0.717) is 21.4 Å². The standard InChI is InChI=1S/C15H12ClN3OS/c1-8-2-4-10(7-11(8)16)18-14(20)9-3-5-12-13(6-9)21-15(17)19-12/h2-7H,1H3,(H2,17,19)(H,18,20). The first-order valence-corrected chi connectivity index (χ1v) is 7.46. The summed E-state index contributed by atoms with van der Waals surface area (Å²) in [5.41, 5.74) is 8.65. The largest absolute Gasteiger partial charge is 0.375 e. The maximum atomic E-state index is 12.3. The van der Waals surface area contributed by atoms with Crippen LogP contribution in [0.25, 0.3) is 10.2 Å². The summed E-state index contributed by atoms with van der Waals surface area (Å²) in [5.74, 6) is -0.191. The summed E-state index contributed by atoms with van der Waals surface area (Å²) in [5, 5.41) is 3.94. The molecule has 0 bridgehead atoms. The van der Waals surface area contributed by atoms with Crippen LogP contribution in [-0.4, -0.2) is 10.9 Å². The molecule has 6 heteroatoms. The Kier molecular flexibility index (Phi) is 3.53. The Labute approximate surface area is 130 Å². The van der Waals surface area contributed by atoms with Crippen molar-refractivity contribution in [2.24, 2.45) is 0 Å². The van der Waals surface area contributed by atoms with Gasteiger partial charge in [-0.2, -0.15) is 0 Å². The van der Waals surface area contributed by atoms with Crippen LogP contribution in [0.2, 0.25) is 5.02 Å². The number of aromatic nitrogens is 1. The van der Waals surface area contributed by atoms with Gasteiger partial charge in [-0.1, -0.05) is 29.0 Å². The number of nitrogens with two attached hydrogens (primary N) is 1. The second-order valence-corrected chi connectivity index (χ2v) is 6.12. The summed E-state index contributed by atoms with van der Waals surface area (Å²) < 4.78 is 0.891. The highest BCUT2D eigenvalue weighted by Gasteiger charge is 2.09. The minimum Gasteiger partial charge on any atom is -0.375 e. The van der Waals surface area contributed by atoms with Crippen LogP contribution in [0.3, 0.4) is 0 Å². The lowest BCUT2D eigenvalue weighted by molar-refractivity contribution is 0.102. The molecule has 0 atom stereocenters. The maximum absolute atomic E-state index is 12.3. The number of rotatable bonds is 2. The van der Waals surface area contributed by atoms with Gasteiger partial charge in [-0.25, -0.2) is 4.98 Å². The highest BCUT2D eigenvalue weighted by Crippen LogP contribution is 2.25. The summed E-state index contributed by atoms with van der Waals surface area (Å²) in [6, 6.07) is 10.7. The molecule has 0 saturated heterocycles. The normalized spacial score (nSPS) is 10.8. The number of hydrogen-bond acceptors (Lipinski definition) is 4. The molecule has 0 fully saturated rings. The van der Waals surface area contributed by atoms with Gasteiger partial charge in [0.25, 0.3) is 5.91 Å². The molecule has 1 amide bonds. The summed E-state index contributed by atoms with van der Waals surface area (Å²) in [6.07, 6.45) is 0. The van der Waals surface area contributed by atoms with Crippen molar-refractivity contribution in [1.29, 1.82) is 0 Å². The Hall–Kier alpha value is -2.11. The smallest absolute Gasteiger partial charge is 0.255 e. The molecule has 0 radical (unpaired) electrons. The lowest BCUT2D eigenvalue weighted by atomic mass is 10.2. The second kappa shape index (κ2) is 5.35. The molecule has 1 aromatic heterocycles. The quantitative estimate of drug-likeness (QED) is 0.748. The first-order valence-electron chi connectivity index (χ1n) is 6.26. The topological polar surface area (TPSA) is 68.0 Å². The minimum absolute atomic E-state index is 0.191. The van der Waals surface area contributed by atoms with E-state index in [1.54, 1.807) is 24.3 Å². The van der Waals surface area contributed by atoms with Crippen molar-refractivity contribution < 1.29 is 4.79 Å². The molecule has 3 aromatic rings. The minimum atomic E-state index is -0.191. The number of aryl methyl sites for hydroxylation is 1. The number of thiazole rings is 1. The van der Waals surface area contributed by atoms with Gasteiger partial charge >= 0.3 is 0 Å². The third-order valence-corrected chi connectivity index (χ3v) is 4.35. The number of nitrogens with zero attached hydrogens (tertiary/aromatic N) is 1. The number of carbonyl (C=O) groups is 1. The van der Waals surface area contributed by atoms with Crippen molar-refractivity contribution in [2.45, 2.75) is 6.92 Å². The Morgan fingerprint density at radius 1 is 1.29 bits per heavy atom. The van der Waals surface area contributed by atoms with Crippen LogP contribution < -0.4 is 11.1 Å². The van der Waals surface area contributed by atoms with Gasteiger partial charge < -0.3 is 11.1 Å². The van der Waals surface area contributed by atoms with Crippen LogP contribution in [0.15, 0.2) is 36.4 Å². The van der Waals surface area contributed by atoms with E-state index in [1.807, 2.05) is 19.1 Å². The molecule has 4 nitrogen and oxygen atoms in total. The fourth-order valence-corrected chi connectivity index (χ4v) is 2.91. The molecule has 0 spiro atoms. The zero-order valence-electron chi connectivity index (χ0n) is 11.2. The molecule has 1 heterocycles. The van der Waals surface area contributed by atoms with E-state index in [9.17, 15) is 4.79 Å². The lowest BCUT2D eigenvalue weighted by Crippen LogP contribution is -2.11. The van der Waals surface area contributed by atoms with Crippen molar-refractivity contribution in [3.63, 3.8) is 0 Å². The predicted octanol–water partition coefficient (Wildman–Crippen LogP) is 4.09. The van der Waals surface area contributed by atoms with E-state index in [-0.39, 0.29) is 5.91 Å². The van der Waals surface area contributed by atoms with E-state index in [0.717, 1.165) is 15.8 Å². The fourth-order valence-electron chi connectivity index (χ4n) is 1.96. The number of amides is 1. The molecule has 0 aliphatic carbocycles. The predicted molar refractivity (Wildman–Crippen MR) is 88.2 cm³/mol. The SMILES string of the molecule is Cc1ccc(NC(=O)c2ccc3nc(N)sc3c2)cc1Cl. The third-order valence-electron chi connectivity index (χ3n) is 3.10. The molecule has 3 rings (SSSR count). The number of nitrogen functional groups attached to an aromatic ring is 1. The first-order chi connectivity index (χ1) is 10.0. The Morgan fingerprint density at radius 2 is 2.10 bits per heavy atom. The molecule has 2 aromatic carbocycles. The monoisotopic (exact) mass is 317 g/mol. The number of anilines is 2. The molecule has 0 aliphatic heterocycles.